The Morgan fingerprint density at radius 2 is 1.69 bits per heavy atom. The largest absolute Gasteiger partial charge is 0.354 e. The van der Waals surface area contributed by atoms with E-state index in [1.807, 2.05) is 6.92 Å². The number of amides is 2. The van der Waals surface area contributed by atoms with E-state index in [0.29, 0.717) is 32.9 Å². The van der Waals surface area contributed by atoms with Gasteiger partial charge in [-0.05, 0) is 62.1 Å². The van der Waals surface area contributed by atoms with E-state index in [1.54, 1.807) is 50.2 Å². The quantitative estimate of drug-likeness (QED) is 0.364. The molecule has 198 valence electrons. The molecule has 7 nitrogen and oxygen atoms in total. The number of hydrogen-bond acceptors (Lipinski definition) is 4. The van der Waals surface area contributed by atoms with Gasteiger partial charge >= 0.3 is 0 Å². The van der Waals surface area contributed by atoms with E-state index in [0.717, 1.165) is 18.2 Å². The molecule has 1 atom stereocenters. The molecule has 2 aromatic carbocycles. The molecule has 2 amide bonds. The molecule has 0 bridgehead atoms. The van der Waals surface area contributed by atoms with Gasteiger partial charge in [0.25, 0.3) is 0 Å². The lowest BCUT2D eigenvalue weighted by molar-refractivity contribution is -0.140. The highest BCUT2D eigenvalue weighted by molar-refractivity contribution is 7.92. The van der Waals surface area contributed by atoms with Gasteiger partial charge in [0, 0.05) is 41.1 Å². The zero-order valence-electron chi connectivity index (χ0n) is 20.9. The molecule has 0 saturated carbocycles. The number of halogens is 3. The van der Waals surface area contributed by atoms with Crippen LogP contribution in [0.15, 0.2) is 36.4 Å². The van der Waals surface area contributed by atoms with Crippen LogP contribution in [0.1, 0.15) is 44.2 Å². The van der Waals surface area contributed by atoms with Crippen molar-refractivity contribution >= 4 is 62.3 Å². The molecule has 11 heteroatoms. The van der Waals surface area contributed by atoms with Crippen LogP contribution in [0.2, 0.25) is 15.1 Å². The van der Waals surface area contributed by atoms with Crippen LogP contribution in [0.25, 0.3) is 0 Å². The average molecular weight is 577 g/mol. The van der Waals surface area contributed by atoms with Crippen molar-refractivity contribution in [2.75, 3.05) is 23.7 Å². The van der Waals surface area contributed by atoms with Crippen molar-refractivity contribution in [1.82, 2.24) is 10.2 Å². The number of rotatable bonds is 12. The third-order valence-electron chi connectivity index (χ3n) is 5.66. The van der Waals surface area contributed by atoms with E-state index < -0.39 is 16.1 Å². The van der Waals surface area contributed by atoms with Gasteiger partial charge in [0.15, 0.2) is 0 Å². The molecule has 2 rings (SSSR count). The van der Waals surface area contributed by atoms with Crippen molar-refractivity contribution in [2.45, 2.75) is 52.6 Å². The first-order valence-corrected chi connectivity index (χ1v) is 14.6. The molecule has 0 aliphatic heterocycles. The summed E-state index contributed by atoms with van der Waals surface area (Å²) in [7, 11) is -3.62. The minimum absolute atomic E-state index is 0.0300. The highest BCUT2D eigenvalue weighted by atomic mass is 35.5. The van der Waals surface area contributed by atoms with Crippen LogP contribution < -0.4 is 9.62 Å². The monoisotopic (exact) mass is 575 g/mol. The first-order chi connectivity index (χ1) is 16.8. The fourth-order valence-electron chi connectivity index (χ4n) is 3.65. The second-order valence-corrected chi connectivity index (χ2v) is 11.8. The van der Waals surface area contributed by atoms with Gasteiger partial charge < -0.3 is 10.2 Å². The normalized spacial score (nSPS) is 12.2. The summed E-state index contributed by atoms with van der Waals surface area (Å²) in [6.07, 6.45) is 2.15. The zero-order valence-corrected chi connectivity index (χ0v) is 23.9. The van der Waals surface area contributed by atoms with Crippen LogP contribution in [0.4, 0.5) is 5.69 Å². The van der Waals surface area contributed by atoms with E-state index in [-0.39, 0.29) is 37.7 Å². The highest BCUT2D eigenvalue weighted by Gasteiger charge is 2.27. The van der Waals surface area contributed by atoms with Gasteiger partial charge in [-0.3, -0.25) is 13.9 Å². The summed E-state index contributed by atoms with van der Waals surface area (Å²) in [5, 5.41) is 4.09. The van der Waals surface area contributed by atoms with E-state index in [2.05, 4.69) is 5.32 Å². The lowest BCUT2D eigenvalue weighted by Gasteiger charge is -2.30. The Morgan fingerprint density at radius 1 is 1.06 bits per heavy atom. The Hall–Kier alpha value is -2.00. The molecule has 0 radical (unpaired) electrons. The van der Waals surface area contributed by atoms with E-state index in [9.17, 15) is 18.0 Å². The molecule has 0 spiro atoms. The van der Waals surface area contributed by atoms with Crippen molar-refractivity contribution in [3.63, 3.8) is 0 Å². The van der Waals surface area contributed by atoms with Crippen molar-refractivity contribution in [3.05, 3.63) is 62.6 Å². The first kappa shape index (κ1) is 30.2. The van der Waals surface area contributed by atoms with Gasteiger partial charge in [-0.25, -0.2) is 8.42 Å². The minimum atomic E-state index is -3.62. The molecule has 0 heterocycles. The first-order valence-electron chi connectivity index (χ1n) is 11.6. The number of carbonyl (C=O) groups is 2. The molecular weight excluding hydrogens is 545 g/mol. The maximum atomic E-state index is 13.3. The van der Waals surface area contributed by atoms with Crippen LogP contribution in [-0.4, -0.2) is 50.5 Å². The number of nitrogens with one attached hydrogen (secondary N) is 1. The molecule has 0 unspecified atom stereocenters. The average Bonchev–Trinajstić information content (AvgIpc) is 2.80. The standard InChI is InChI=1S/C25H32Cl3N3O4S/c1-5-12-29-25(33)18(3)30(16-19-9-11-20(26)14-22(19)28)24(32)7-6-13-31(36(4,34)35)23-15-21(27)10-8-17(23)2/h8-11,14-15,18H,5-7,12-13,16H2,1-4H3,(H,29,33)/t18-/m0/s1. The zero-order chi connectivity index (χ0) is 27.0. The predicted molar refractivity (Wildman–Crippen MR) is 147 cm³/mol. The molecule has 2 aromatic rings. The van der Waals surface area contributed by atoms with Crippen molar-refractivity contribution in [1.29, 1.82) is 0 Å². The van der Waals surface area contributed by atoms with Crippen LogP contribution in [0, 0.1) is 6.92 Å². The highest BCUT2D eigenvalue weighted by Crippen LogP contribution is 2.27. The summed E-state index contributed by atoms with van der Waals surface area (Å²) < 4.78 is 26.3. The summed E-state index contributed by atoms with van der Waals surface area (Å²) in [6, 6.07) is 9.25. The van der Waals surface area contributed by atoms with Gasteiger partial charge in [-0.2, -0.15) is 0 Å². The molecule has 1 N–H and O–H groups in total. The molecule has 0 aliphatic carbocycles. The van der Waals surface area contributed by atoms with E-state index in [4.69, 9.17) is 34.8 Å². The molecular formula is C25H32Cl3N3O4S. The van der Waals surface area contributed by atoms with Gasteiger partial charge in [0.2, 0.25) is 21.8 Å². The van der Waals surface area contributed by atoms with Crippen LogP contribution in [0.3, 0.4) is 0 Å². The maximum Gasteiger partial charge on any atom is 0.242 e. The number of carbonyl (C=O) groups excluding carboxylic acids is 2. The molecule has 0 fully saturated rings. The topological polar surface area (TPSA) is 86.8 Å². The third kappa shape index (κ3) is 8.54. The summed E-state index contributed by atoms with van der Waals surface area (Å²) in [4.78, 5) is 27.5. The lowest BCUT2D eigenvalue weighted by atomic mass is 10.1. The predicted octanol–water partition coefficient (Wildman–Crippen LogP) is 5.44. The van der Waals surface area contributed by atoms with Gasteiger partial charge in [0.1, 0.15) is 6.04 Å². The smallest absolute Gasteiger partial charge is 0.242 e. The Balaban J connectivity index is 2.22. The van der Waals surface area contributed by atoms with Crippen LogP contribution >= 0.6 is 34.8 Å². The van der Waals surface area contributed by atoms with Gasteiger partial charge in [-0.1, -0.05) is 53.9 Å². The van der Waals surface area contributed by atoms with Gasteiger partial charge in [-0.15, -0.1) is 0 Å². The Labute approximate surface area is 228 Å². The minimum Gasteiger partial charge on any atom is -0.354 e. The number of hydrogen-bond donors (Lipinski definition) is 1. The number of anilines is 1. The number of benzene rings is 2. The van der Waals surface area contributed by atoms with Crippen molar-refractivity contribution < 1.29 is 18.0 Å². The molecule has 0 aromatic heterocycles. The SMILES string of the molecule is CCCNC(=O)[C@H](C)N(Cc1ccc(Cl)cc1Cl)C(=O)CCCN(c1cc(Cl)ccc1C)S(C)(=O)=O. The summed E-state index contributed by atoms with van der Waals surface area (Å²) in [6.45, 7) is 6.08. The third-order valence-corrected chi connectivity index (χ3v) is 7.67. The molecule has 0 aliphatic rings. The summed E-state index contributed by atoms with van der Waals surface area (Å²) in [5.41, 5.74) is 1.86. The Kier molecular flexibility index (Phi) is 11.3. The second kappa shape index (κ2) is 13.5. The Bertz CT molecular complexity index is 1190. The molecule has 0 saturated heterocycles. The van der Waals surface area contributed by atoms with Crippen LogP contribution in [-0.2, 0) is 26.2 Å². The van der Waals surface area contributed by atoms with Crippen molar-refractivity contribution in [3.8, 4) is 0 Å². The van der Waals surface area contributed by atoms with E-state index >= 15 is 0 Å². The maximum absolute atomic E-state index is 13.3. The number of aryl methyl sites for hydroxylation is 1. The van der Waals surface area contributed by atoms with E-state index in [1.165, 1.54) is 9.21 Å². The fourth-order valence-corrected chi connectivity index (χ4v) is 5.29. The van der Waals surface area contributed by atoms with Gasteiger partial charge in [0.05, 0.1) is 11.9 Å². The summed E-state index contributed by atoms with van der Waals surface area (Å²) >= 11 is 18.4. The number of nitrogens with zero attached hydrogens (tertiary/aromatic N) is 2. The Morgan fingerprint density at radius 3 is 2.31 bits per heavy atom. The second-order valence-electron chi connectivity index (χ2n) is 8.59. The molecule has 36 heavy (non-hydrogen) atoms. The lowest BCUT2D eigenvalue weighted by Crippen LogP contribution is -2.48. The van der Waals surface area contributed by atoms with Crippen molar-refractivity contribution in [2.24, 2.45) is 0 Å². The fraction of sp³-hybridized carbons (Fsp3) is 0.440. The number of sulfonamides is 1. The summed E-state index contributed by atoms with van der Waals surface area (Å²) in [5.74, 6) is -0.570. The van der Waals surface area contributed by atoms with Crippen LogP contribution in [0.5, 0.6) is 0 Å².